The molecule has 92 valence electrons. The van der Waals surface area contributed by atoms with Gasteiger partial charge in [0.1, 0.15) is 0 Å². The lowest BCUT2D eigenvalue weighted by Crippen LogP contribution is -2.41. The summed E-state index contributed by atoms with van der Waals surface area (Å²) in [5.74, 6) is 0.262. The maximum Gasteiger partial charge on any atom is 0.231 e. The summed E-state index contributed by atoms with van der Waals surface area (Å²) >= 11 is 0. The first-order chi connectivity index (χ1) is 8.24. The van der Waals surface area contributed by atoms with Gasteiger partial charge in [-0.2, -0.15) is 0 Å². The highest BCUT2D eigenvalue weighted by molar-refractivity contribution is 5.96. The number of nitrogens with zero attached hydrogens (tertiary/aromatic N) is 1. The van der Waals surface area contributed by atoms with Crippen molar-refractivity contribution in [3.05, 3.63) is 29.8 Å². The Kier molecular flexibility index (Phi) is 3.79. The third kappa shape index (κ3) is 2.50. The molecule has 0 bridgehead atoms. The van der Waals surface area contributed by atoms with Gasteiger partial charge in [0.15, 0.2) is 0 Å². The van der Waals surface area contributed by atoms with Crippen molar-refractivity contribution in [2.75, 3.05) is 25.0 Å². The molecule has 1 aliphatic rings. The van der Waals surface area contributed by atoms with Gasteiger partial charge in [-0.3, -0.25) is 4.79 Å². The summed E-state index contributed by atoms with van der Waals surface area (Å²) in [7, 11) is 1.88. The fraction of sp³-hybridized carbons (Fsp3) is 0.500. The molecule has 3 heteroatoms. The number of para-hydroxylation sites is 1. The van der Waals surface area contributed by atoms with Gasteiger partial charge in [-0.15, -0.1) is 0 Å². The minimum atomic E-state index is 0.0335. The van der Waals surface area contributed by atoms with Gasteiger partial charge in [-0.25, -0.2) is 0 Å². The van der Waals surface area contributed by atoms with Crippen LogP contribution in [-0.4, -0.2) is 26.0 Å². The molecule has 1 aromatic carbocycles. The molecule has 1 atom stereocenters. The average molecular weight is 232 g/mol. The van der Waals surface area contributed by atoms with Crippen LogP contribution >= 0.6 is 0 Å². The summed E-state index contributed by atoms with van der Waals surface area (Å²) < 4.78 is 0. The fourth-order valence-corrected chi connectivity index (χ4v) is 2.42. The van der Waals surface area contributed by atoms with E-state index in [-0.39, 0.29) is 11.8 Å². The van der Waals surface area contributed by atoms with Gasteiger partial charge in [0.2, 0.25) is 5.91 Å². The van der Waals surface area contributed by atoms with E-state index in [1.54, 1.807) is 0 Å². The number of benzene rings is 1. The molecule has 0 saturated carbocycles. The monoisotopic (exact) mass is 232 g/mol. The average Bonchev–Trinajstić information content (AvgIpc) is 2.37. The normalized spacial score (nSPS) is 16.5. The molecule has 0 fully saturated rings. The molecule has 1 aromatic rings. The van der Waals surface area contributed by atoms with Gasteiger partial charge in [0.05, 0.1) is 0 Å². The Hall–Kier alpha value is -1.35. The van der Waals surface area contributed by atoms with Gasteiger partial charge < -0.3 is 10.2 Å². The molecule has 0 aliphatic carbocycles. The van der Waals surface area contributed by atoms with Crippen molar-refractivity contribution in [3.8, 4) is 0 Å². The van der Waals surface area contributed by atoms with Crippen LogP contribution in [0.4, 0.5) is 5.69 Å². The van der Waals surface area contributed by atoms with Crippen LogP contribution in [0.15, 0.2) is 24.3 Å². The predicted molar refractivity (Wildman–Crippen MR) is 70.2 cm³/mol. The lowest BCUT2D eigenvalue weighted by molar-refractivity contribution is -0.121. The molecule has 2 rings (SSSR count). The first-order valence-corrected chi connectivity index (χ1v) is 6.28. The first-order valence-electron chi connectivity index (χ1n) is 6.28. The van der Waals surface area contributed by atoms with Crippen molar-refractivity contribution in [2.45, 2.75) is 19.8 Å². The lowest BCUT2D eigenvalue weighted by Gasteiger charge is -2.31. The summed E-state index contributed by atoms with van der Waals surface area (Å²) in [5, 5.41) is 3.06. The molecule has 1 unspecified atom stereocenters. The van der Waals surface area contributed by atoms with E-state index in [4.69, 9.17) is 0 Å². The van der Waals surface area contributed by atoms with Crippen molar-refractivity contribution in [3.63, 3.8) is 0 Å². The van der Waals surface area contributed by atoms with Crippen LogP contribution in [0.25, 0.3) is 0 Å². The van der Waals surface area contributed by atoms with Crippen LogP contribution in [0.3, 0.4) is 0 Å². The number of anilines is 1. The molecular weight excluding hydrogens is 212 g/mol. The van der Waals surface area contributed by atoms with E-state index in [9.17, 15) is 4.79 Å². The Morgan fingerprint density at radius 2 is 2.24 bits per heavy atom. The maximum absolute atomic E-state index is 12.3. The van der Waals surface area contributed by atoms with Crippen LogP contribution in [0.2, 0.25) is 0 Å². The van der Waals surface area contributed by atoms with Crippen molar-refractivity contribution in [1.29, 1.82) is 0 Å². The SMILES string of the molecule is CNCC(C)C(=O)N1CCCc2ccccc21. The highest BCUT2D eigenvalue weighted by Gasteiger charge is 2.25. The second kappa shape index (κ2) is 5.32. The fourth-order valence-electron chi connectivity index (χ4n) is 2.42. The molecule has 17 heavy (non-hydrogen) atoms. The molecule has 1 N–H and O–H groups in total. The van der Waals surface area contributed by atoms with Crippen molar-refractivity contribution in [2.24, 2.45) is 5.92 Å². The quantitative estimate of drug-likeness (QED) is 0.862. The Labute approximate surface area is 103 Å². The molecule has 0 spiro atoms. The topological polar surface area (TPSA) is 32.3 Å². The number of carbonyl (C=O) groups excluding carboxylic acids is 1. The first kappa shape index (κ1) is 12.1. The molecular formula is C14H20N2O. The number of amides is 1. The predicted octanol–water partition coefficient (Wildman–Crippen LogP) is 1.82. The maximum atomic E-state index is 12.3. The Bertz CT molecular complexity index is 403. The highest BCUT2D eigenvalue weighted by Crippen LogP contribution is 2.27. The molecule has 3 nitrogen and oxygen atoms in total. The van der Waals surface area contributed by atoms with Gasteiger partial charge in [0, 0.05) is 24.7 Å². The number of nitrogens with one attached hydrogen (secondary N) is 1. The standard InChI is InChI=1S/C14H20N2O/c1-11(10-15-2)14(17)16-9-5-7-12-6-3-4-8-13(12)16/h3-4,6,8,11,15H,5,7,9-10H2,1-2H3. The second-order valence-corrected chi connectivity index (χ2v) is 4.68. The third-order valence-corrected chi connectivity index (χ3v) is 3.31. The van der Waals surface area contributed by atoms with E-state index < -0.39 is 0 Å². The molecule has 1 amide bonds. The molecule has 0 radical (unpaired) electrons. The van der Waals surface area contributed by atoms with Gasteiger partial charge in [-0.1, -0.05) is 25.1 Å². The van der Waals surface area contributed by atoms with E-state index in [1.165, 1.54) is 5.56 Å². The second-order valence-electron chi connectivity index (χ2n) is 4.68. The van der Waals surface area contributed by atoms with Crippen LogP contribution in [-0.2, 0) is 11.2 Å². The summed E-state index contributed by atoms with van der Waals surface area (Å²) in [6, 6.07) is 8.23. The van der Waals surface area contributed by atoms with Crippen molar-refractivity contribution >= 4 is 11.6 Å². The van der Waals surface area contributed by atoms with Crippen molar-refractivity contribution < 1.29 is 4.79 Å². The van der Waals surface area contributed by atoms with E-state index in [0.717, 1.165) is 31.6 Å². The van der Waals surface area contributed by atoms with Gasteiger partial charge in [-0.05, 0) is 31.5 Å². The minimum Gasteiger partial charge on any atom is -0.319 e. The molecule has 1 heterocycles. The van der Waals surface area contributed by atoms with Crippen molar-refractivity contribution in [1.82, 2.24) is 5.32 Å². The summed E-state index contributed by atoms with van der Waals surface area (Å²) in [4.78, 5) is 14.3. The van der Waals surface area contributed by atoms with E-state index in [0.29, 0.717) is 0 Å². The van der Waals surface area contributed by atoms with Gasteiger partial charge in [0.25, 0.3) is 0 Å². The number of rotatable bonds is 3. The summed E-state index contributed by atoms with van der Waals surface area (Å²) in [6.45, 7) is 3.57. The lowest BCUT2D eigenvalue weighted by atomic mass is 10.00. The number of carbonyl (C=O) groups is 1. The summed E-state index contributed by atoms with van der Waals surface area (Å²) in [5.41, 5.74) is 2.40. The molecule has 0 aromatic heterocycles. The Balaban J connectivity index is 2.20. The Morgan fingerprint density at radius 1 is 1.47 bits per heavy atom. The zero-order valence-corrected chi connectivity index (χ0v) is 10.6. The zero-order valence-electron chi connectivity index (χ0n) is 10.6. The number of aryl methyl sites for hydroxylation is 1. The largest absolute Gasteiger partial charge is 0.319 e. The summed E-state index contributed by atoms with van der Waals surface area (Å²) in [6.07, 6.45) is 2.15. The number of hydrogen-bond donors (Lipinski definition) is 1. The third-order valence-electron chi connectivity index (χ3n) is 3.31. The molecule has 1 aliphatic heterocycles. The minimum absolute atomic E-state index is 0.0335. The van der Waals surface area contributed by atoms with E-state index in [2.05, 4.69) is 17.4 Å². The van der Waals surface area contributed by atoms with Crippen LogP contribution < -0.4 is 10.2 Å². The van der Waals surface area contributed by atoms with Gasteiger partial charge >= 0.3 is 0 Å². The molecule has 0 saturated heterocycles. The number of hydrogen-bond acceptors (Lipinski definition) is 2. The smallest absolute Gasteiger partial charge is 0.231 e. The Morgan fingerprint density at radius 3 is 3.00 bits per heavy atom. The van der Waals surface area contributed by atoms with Crippen LogP contribution in [0.1, 0.15) is 18.9 Å². The number of fused-ring (bicyclic) bond motifs is 1. The van der Waals surface area contributed by atoms with E-state index in [1.807, 2.05) is 31.0 Å². The zero-order chi connectivity index (χ0) is 12.3. The highest BCUT2D eigenvalue weighted by atomic mass is 16.2. The van der Waals surface area contributed by atoms with Crippen LogP contribution in [0, 0.1) is 5.92 Å². The van der Waals surface area contributed by atoms with E-state index >= 15 is 0 Å². The van der Waals surface area contributed by atoms with Crippen LogP contribution in [0.5, 0.6) is 0 Å².